The van der Waals surface area contributed by atoms with Crippen molar-refractivity contribution in [1.82, 2.24) is 9.21 Å². The molecule has 0 aliphatic carbocycles. The molecule has 0 bridgehead atoms. The summed E-state index contributed by atoms with van der Waals surface area (Å²) in [6.07, 6.45) is 1.73. The summed E-state index contributed by atoms with van der Waals surface area (Å²) in [5.41, 5.74) is 0. The second kappa shape index (κ2) is 4.78. The Morgan fingerprint density at radius 3 is 2.13 bits per heavy atom. The van der Waals surface area contributed by atoms with Crippen molar-refractivity contribution in [3.05, 3.63) is 0 Å². The van der Waals surface area contributed by atoms with Gasteiger partial charge in [-0.2, -0.15) is 12.7 Å². The van der Waals surface area contributed by atoms with Crippen molar-refractivity contribution in [1.29, 1.82) is 0 Å². The van der Waals surface area contributed by atoms with Gasteiger partial charge < -0.3 is 4.90 Å². The number of nitrogens with two attached hydrogens (primary N) is 1. The predicted octanol–water partition coefficient (Wildman–Crippen LogP) is -0.00550. The summed E-state index contributed by atoms with van der Waals surface area (Å²) in [5, 5.41) is 5.09. The molecule has 0 unspecified atom stereocenters. The molecule has 6 heteroatoms. The van der Waals surface area contributed by atoms with Crippen LogP contribution >= 0.6 is 0 Å². The Kier molecular flexibility index (Phi) is 4.11. The molecule has 0 aromatic carbocycles. The Morgan fingerprint density at radius 1 is 1.33 bits per heavy atom. The van der Waals surface area contributed by atoms with Crippen LogP contribution in [0.4, 0.5) is 0 Å². The number of piperidine rings is 1. The fourth-order valence-electron chi connectivity index (χ4n) is 1.97. The van der Waals surface area contributed by atoms with E-state index in [2.05, 4.69) is 18.7 Å². The van der Waals surface area contributed by atoms with Crippen molar-refractivity contribution < 1.29 is 8.42 Å². The third-order valence-electron chi connectivity index (χ3n) is 3.14. The van der Waals surface area contributed by atoms with Gasteiger partial charge in [0.1, 0.15) is 0 Å². The second-order valence-electron chi connectivity index (χ2n) is 4.42. The monoisotopic (exact) mass is 235 g/mol. The summed E-state index contributed by atoms with van der Waals surface area (Å²) < 4.78 is 23.6. The molecule has 15 heavy (non-hydrogen) atoms. The van der Waals surface area contributed by atoms with Crippen LogP contribution in [0.3, 0.4) is 0 Å². The predicted molar refractivity (Wildman–Crippen MR) is 60.6 cm³/mol. The Balaban J connectivity index is 2.51. The highest BCUT2D eigenvalue weighted by atomic mass is 32.2. The average molecular weight is 235 g/mol. The molecule has 1 fully saturated rings. The van der Waals surface area contributed by atoms with Gasteiger partial charge >= 0.3 is 0 Å². The van der Waals surface area contributed by atoms with E-state index < -0.39 is 10.2 Å². The first kappa shape index (κ1) is 12.9. The van der Waals surface area contributed by atoms with Gasteiger partial charge in [0.25, 0.3) is 10.2 Å². The van der Waals surface area contributed by atoms with Crippen LogP contribution in [0.1, 0.15) is 26.7 Å². The van der Waals surface area contributed by atoms with E-state index in [4.69, 9.17) is 5.14 Å². The van der Waals surface area contributed by atoms with Crippen LogP contribution in [0.15, 0.2) is 0 Å². The van der Waals surface area contributed by atoms with Gasteiger partial charge in [0.2, 0.25) is 0 Å². The van der Waals surface area contributed by atoms with Gasteiger partial charge in [-0.05, 0) is 39.8 Å². The first-order valence-corrected chi connectivity index (χ1v) is 6.82. The van der Waals surface area contributed by atoms with Crippen LogP contribution in [-0.4, -0.2) is 49.8 Å². The zero-order valence-electron chi connectivity index (χ0n) is 9.68. The van der Waals surface area contributed by atoms with Gasteiger partial charge in [0.05, 0.1) is 0 Å². The Labute approximate surface area is 92.4 Å². The Morgan fingerprint density at radius 2 is 1.80 bits per heavy atom. The summed E-state index contributed by atoms with van der Waals surface area (Å²) in [6, 6.07) is 0.598. The molecule has 2 N–H and O–H groups in total. The van der Waals surface area contributed by atoms with Crippen LogP contribution in [0.25, 0.3) is 0 Å². The molecule has 0 spiro atoms. The molecule has 0 saturated carbocycles. The molecule has 1 aliphatic heterocycles. The molecule has 0 amide bonds. The Bertz CT molecular complexity index is 294. The lowest BCUT2D eigenvalue weighted by molar-refractivity contribution is 0.140. The zero-order valence-corrected chi connectivity index (χ0v) is 10.5. The van der Waals surface area contributed by atoms with Crippen molar-refractivity contribution in [3.8, 4) is 0 Å². The number of rotatable bonds is 3. The maximum absolute atomic E-state index is 11.1. The maximum Gasteiger partial charge on any atom is 0.276 e. The summed E-state index contributed by atoms with van der Waals surface area (Å²) in [7, 11) is -1.96. The van der Waals surface area contributed by atoms with E-state index in [1.165, 1.54) is 4.31 Å². The van der Waals surface area contributed by atoms with E-state index in [0.29, 0.717) is 6.04 Å². The minimum atomic E-state index is -3.53. The minimum Gasteiger partial charge on any atom is -0.301 e. The van der Waals surface area contributed by atoms with Gasteiger partial charge in [-0.15, -0.1) is 0 Å². The van der Waals surface area contributed by atoms with Crippen LogP contribution < -0.4 is 5.14 Å². The van der Waals surface area contributed by atoms with Crippen molar-refractivity contribution in [2.24, 2.45) is 5.14 Å². The van der Waals surface area contributed by atoms with E-state index in [-0.39, 0.29) is 6.04 Å². The fraction of sp³-hybridized carbons (Fsp3) is 1.00. The summed E-state index contributed by atoms with van der Waals surface area (Å²) in [5.74, 6) is 0. The van der Waals surface area contributed by atoms with Crippen molar-refractivity contribution in [2.75, 3.05) is 20.1 Å². The topological polar surface area (TPSA) is 66.6 Å². The molecule has 1 heterocycles. The molecule has 5 nitrogen and oxygen atoms in total. The fourth-order valence-corrected chi connectivity index (χ4v) is 2.60. The first-order chi connectivity index (χ1) is 6.82. The lowest BCUT2D eigenvalue weighted by atomic mass is 10.0. The molecule has 1 rings (SSSR count). The number of hydrogen-bond donors (Lipinski definition) is 1. The smallest absolute Gasteiger partial charge is 0.276 e. The first-order valence-electron chi connectivity index (χ1n) is 5.32. The van der Waals surface area contributed by atoms with E-state index in [0.717, 1.165) is 25.9 Å². The Hall–Kier alpha value is -0.170. The van der Waals surface area contributed by atoms with Gasteiger partial charge in [0, 0.05) is 19.1 Å². The van der Waals surface area contributed by atoms with Crippen LogP contribution in [0.2, 0.25) is 0 Å². The highest BCUT2D eigenvalue weighted by Gasteiger charge is 2.28. The van der Waals surface area contributed by atoms with E-state index in [1.807, 2.05) is 0 Å². The van der Waals surface area contributed by atoms with Crippen LogP contribution in [0.5, 0.6) is 0 Å². The molecule has 1 saturated heterocycles. The molecule has 0 atom stereocenters. The van der Waals surface area contributed by atoms with Crippen molar-refractivity contribution in [3.63, 3.8) is 0 Å². The minimum absolute atomic E-state index is 0.0648. The second-order valence-corrected chi connectivity index (χ2v) is 6.03. The maximum atomic E-state index is 11.1. The molecular formula is C9H21N3O2S. The average Bonchev–Trinajstić information content (AvgIpc) is 2.15. The van der Waals surface area contributed by atoms with Crippen molar-refractivity contribution in [2.45, 2.75) is 38.8 Å². The molecule has 0 aromatic rings. The highest BCUT2D eigenvalue weighted by molar-refractivity contribution is 7.86. The van der Waals surface area contributed by atoms with Gasteiger partial charge in [0.15, 0.2) is 0 Å². The molecular weight excluding hydrogens is 214 g/mol. The number of likely N-dealkylation sites (tertiary alicyclic amines) is 1. The summed E-state index contributed by atoms with van der Waals surface area (Å²) >= 11 is 0. The largest absolute Gasteiger partial charge is 0.301 e. The summed E-state index contributed by atoms with van der Waals surface area (Å²) in [4.78, 5) is 2.35. The lowest BCUT2D eigenvalue weighted by Crippen LogP contribution is -2.48. The molecule has 0 radical (unpaired) electrons. The molecule has 0 aromatic heterocycles. The molecule has 1 aliphatic rings. The normalized spacial score (nSPS) is 21.5. The standard InChI is InChI=1S/C9H21N3O2S/c1-8(2)12-6-4-9(5-7-12)11(3)15(10,13)14/h8-9H,4-7H2,1-3H3,(H2,10,13,14). The van der Waals surface area contributed by atoms with Gasteiger partial charge in [-0.3, -0.25) is 0 Å². The van der Waals surface area contributed by atoms with Crippen LogP contribution in [0, 0.1) is 0 Å². The number of nitrogens with zero attached hydrogens (tertiary/aromatic N) is 2. The molecule has 90 valence electrons. The number of hydrogen-bond acceptors (Lipinski definition) is 3. The lowest BCUT2D eigenvalue weighted by Gasteiger charge is -2.37. The third-order valence-corrected chi connectivity index (χ3v) is 4.25. The van der Waals surface area contributed by atoms with E-state index in [9.17, 15) is 8.42 Å². The van der Waals surface area contributed by atoms with E-state index in [1.54, 1.807) is 7.05 Å². The summed E-state index contributed by atoms with van der Waals surface area (Å²) in [6.45, 7) is 6.21. The van der Waals surface area contributed by atoms with Crippen LogP contribution in [-0.2, 0) is 10.2 Å². The van der Waals surface area contributed by atoms with Gasteiger partial charge in [-0.25, -0.2) is 5.14 Å². The van der Waals surface area contributed by atoms with Gasteiger partial charge in [-0.1, -0.05) is 0 Å². The SMILES string of the molecule is CC(C)N1CCC(N(C)S(N)(=O)=O)CC1. The van der Waals surface area contributed by atoms with E-state index >= 15 is 0 Å². The van der Waals surface area contributed by atoms with Crippen molar-refractivity contribution >= 4 is 10.2 Å². The highest BCUT2D eigenvalue weighted by Crippen LogP contribution is 2.18. The zero-order chi connectivity index (χ0) is 11.6. The third kappa shape index (κ3) is 3.41. The quantitative estimate of drug-likeness (QED) is 0.748.